The lowest BCUT2D eigenvalue weighted by Crippen LogP contribution is -2.44. The zero-order valence-electron chi connectivity index (χ0n) is 10.8. The van der Waals surface area contributed by atoms with Gasteiger partial charge in [0, 0.05) is 12.6 Å². The van der Waals surface area contributed by atoms with Crippen LogP contribution in [0, 0.1) is 11.8 Å². The first-order valence-corrected chi connectivity index (χ1v) is 7.29. The molecule has 94 valence electrons. The van der Waals surface area contributed by atoms with Crippen molar-refractivity contribution in [2.75, 3.05) is 19.6 Å². The van der Waals surface area contributed by atoms with Gasteiger partial charge in [-0.3, -0.25) is 4.90 Å². The smallest absolute Gasteiger partial charge is 0.0123 e. The fourth-order valence-electron chi connectivity index (χ4n) is 3.84. The van der Waals surface area contributed by atoms with Crippen molar-refractivity contribution in [2.24, 2.45) is 17.6 Å². The van der Waals surface area contributed by atoms with Crippen LogP contribution in [-0.2, 0) is 0 Å². The molecule has 1 saturated heterocycles. The van der Waals surface area contributed by atoms with Gasteiger partial charge < -0.3 is 5.73 Å². The van der Waals surface area contributed by atoms with Gasteiger partial charge in [-0.15, -0.1) is 0 Å². The fraction of sp³-hybridized carbons (Fsp3) is 1.00. The van der Waals surface area contributed by atoms with E-state index in [1.807, 2.05) is 0 Å². The lowest BCUT2D eigenvalue weighted by atomic mass is 9.91. The Kier molecular flexibility index (Phi) is 4.66. The summed E-state index contributed by atoms with van der Waals surface area (Å²) < 4.78 is 0. The van der Waals surface area contributed by atoms with Crippen molar-refractivity contribution in [3.63, 3.8) is 0 Å². The average Bonchev–Trinajstić information content (AvgIpc) is 2.78. The molecule has 3 atom stereocenters. The molecule has 0 aromatic rings. The van der Waals surface area contributed by atoms with E-state index in [1.54, 1.807) is 0 Å². The maximum absolute atomic E-state index is 5.69. The van der Waals surface area contributed by atoms with E-state index >= 15 is 0 Å². The number of hydrogen-bond donors (Lipinski definition) is 1. The monoisotopic (exact) mass is 224 g/mol. The molecule has 2 nitrogen and oxygen atoms in total. The van der Waals surface area contributed by atoms with Crippen molar-refractivity contribution in [1.82, 2.24) is 4.90 Å². The predicted molar refractivity (Wildman–Crippen MR) is 69.4 cm³/mol. The van der Waals surface area contributed by atoms with Crippen LogP contribution >= 0.6 is 0 Å². The first kappa shape index (κ1) is 12.4. The van der Waals surface area contributed by atoms with Gasteiger partial charge in [0.1, 0.15) is 0 Å². The van der Waals surface area contributed by atoms with Gasteiger partial charge >= 0.3 is 0 Å². The van der Waals surface area contributed by atoms with E-state index in [0.29, 0.717) is 0 Å². The van der Waals surface area contributed by atoms with Gasteiger partial charge in [0.05, 0.1) is 0 Å². The van der Waals surface area contributed by atoms with Crippen LogP contribution in [0.2, 0.25) is 0 Å². The Hall–Kier alpha value is -0.0800. The minimum absolute atomic E-state index is 0.875. The van der Waals surface area contributed by atoms with E-state index in [1.165, 1.54) is 58.0 Å². The van der Waals surface area contributed by atoms with Crippen molar-refractivity contribution >= 4 is 0 Å². The van der Waals surface area contributed by atoms with Crippen molar-refractivity contribution in [3.8, 4) is 0 Å². The van der Waals surface area contributed by atoms with Crippen LogP contribution in [0.25, 0.3) is 0 Å². The second-order valence-electron chi connectivity index (χ2n) is 5.75. The van der Waals surface area contributed by atoms with E-state index in [-0.39, 0.29) is 0 Å². The second kappa shape index (κ2) is 6.02. The van der Waals surface area contributed by atoms with Gasteiger partial charge in [-0.25, -0.2) is 0 Å². The Balaban J connectivity index is 1.88. The topological polar surface area (TPSA) is 29.3 Å². The summed E-state index contributed by atoms with van der Waals surface area (Å²) in [4.78, 5) is 2.80. The predicted octanol–water partition coefficient (Wildman–Crippen LogP) is 2.63. The SMILES string of the molecule is CCC1CCCC1N1CCCC(CCN)C1. The van der Waals surface area contributed by atoms with Crippen LogP contribution in [0.1, 0.15) is 51.9 Å². The Labute approximate surface area is 101 Å². The Morgan fingerprint density at radius 2 is 2.06 bits per heavy atom. The summed E-state index contributed by atoms with van der Waals surface area (Å²) in [6, 6.07) is 0.908. The molecule has 0 aromatic carbocycles. The van der Waals surface area contributed by atoms with Crippen LogP contribution in [-0.4, -0.2) is 30.6 Å². The number of rotatable bonds is 4. The number of nitrogens with zero attached hydrogens (tertiary/aromatic N) is 1. The summed E-state index contributed by atoms with van der Waals surface area (Å²) in [5, 5.41) is 0. The van der Waals surface area contributed by atoms with Crippen LogP contribution < -0.4 is 5.73 Å². The van der Waals surface area contributed by atoms with E-state index < -0.39 is 0 Å². The molecule has 0 bridgehead atoms. The first-order valence-electron chi connectivity index (χ1n) is 7.29. The second-order valence-corrected chi connectivity index (χ2v) is 5.75. The molecule has 1 saturated carbocycles. The first-order chi connectivity index (χ1) is 7.85. The van der Waals surface area contributed by atoms with Gasteiger partial charge in [0.15, 0.2) is 0 Å². The molecule has 0 aromatic heterocycles. The molecule has 1 aliphatic heterocycles. The lowest BCUT2D eigenvalue weighted by molar-refractivity contribution is 0.0960. The third kappa shape index (κ3) is 2.78. The van der Waals surface area contributed by atoms with Crippen molar-refractivity contribution in [2.45, 2.75) is 57.9 Å². The molecule has 1 aliphatic carbocycles. The van der Waals surface area contributed by atoms with Crippen LogP contribution in [0.15, 0.2) is 0 Å². The quantitative estimate of drug-likeness (QED) is 0.795. The summed E-state index contributed by atoms with van der Waals surface area (Å²) in [5.74, 6) is 1.87. The van der Waals surface area contributed by atoms with E-state index in [9.17, 15) is 0 Å². The summed E-state index contributed by atoms with van der Waals surface area (Å²) in [6.07, 6.45) is 9.81. The molecule has 2 heteroatoms. The summed E-state index contributed by atoms with van der Waals surface area (Å²) in [7, 11) is 0. The fourth-order valence-corrected chi connectivity index (χ4v) is 3.84. The van der Waals surface area contributed by atoms with Gasteiger partial charge in [-0.1, -0.05) is 19.8 Å². The summed E-state index contributed by atoms with van der Waals surface area (Å²) in [6.45, 7) is 5.92. The van der Waals surface area contributed by atoms with Crippen molar-refractivity contribution in [3.05, 3.63) is 0 Å². The summed E-state index contributed by atoms with van der Waals surface area (Å²) in [5.41, 5.74) is 5.69. The Morgan fingerprint density at radius 3 is 2.81 bits per heavy atom. The molecule has 0 spiro atoms. The normalized spacial score (nSPS) is 36.8. The number of piperidine rings is 1. The van der Waals surface area contributed by atoms with Gasteiger partial charge in [-0.2, -0.15) is 0 Å². The van der Waals surface area contributed by atoms with Gasteiger partial charge in [0.2, 0.25) is 0 Å². The zero-order chi connectivity index (χ0) is 11.4. The maximum atomic E-state index is 5.69. The molecule has 16 heavy (non-hydrogen) atoms. The summed E-state index contributed by atoms with van der Waals surface area (Å²) >= 11 is 0. The largest absolute Gasteiger partial charge is 0.330 e. The maximum Gasteiger partial charge on any atom is 0.0123 e. The molecular formula is C14H28N2. The molecule has 1 heterocycles. The molecule has 2 rings (SSSR count). The highest BCUT2D eigenvalue weighted by molar-refractivity contribution is 4.87. The van der Waals surface area contributed by atoms with Gasteiger partial charge in [0.25, 0.3) is 0 Å². The van der Waals surface area contributed by atoms with Crippen molar-refractivity contribution < 1.29 is 0 Å². The standard InChI is InChI=1S/C14H28N2/c1-2-13-6-3-7-14(13)16-10-4-5-12(11-16)8-9-15/h12-14H,2-11,15H2,1H3. The molecule has 0 radical (unpaired) electrons. The number of hydrogen-bond acceptors (Lipinski definition) is 2. The zero-order valence-corrected chi connectivity index (χ0v) is 10.8. The van der Waals surface area contributed by atoms with Crippen LogP contribution in [0.5, 0.6) is 0 Å². The highest BCUT2D eigenvalue weighted by Crippen LogP contribution is 2.34. The molecule has 2 N–H and O–H groups in total. The number of likely N-dealkylation sites (tertiary alicyclic amines) is 1. The third-order valence-electron chi connectivity index (χ3n) is 4.74. The molecule has 2 aliphatic rings. The van der Waals surface area contributed by atoms with Crippen molar-refractivity contribution in [1.29, 1.82) is 0 Å². The third-order valence-corrected chi connectivity index (χ3v) is 4.74. The Bertz CT molecular complexity index is 203. The molecule has 0 amide bonds. The number of nitrogens with two attached hydrogens (primary N) is 1. The highest BCUT2D eigenvalue weighted by atomic mass is 15.2. The van der Waals surface area contributed by atoms with Crippen LogP contribution in [0.3, 0.4) is 0 Å². The molecular weight excluding hydrogens is 196 g/mol. The molecule has 3 unspecified atom stereocenters. The lowest BCUT2D eigenvalue weighted by Gasteiger charge is -2.39. The minimum atomic E-state index is 0.875. The van der Waals surface area contributed by atoms with E-state index in [0.717, 1.165) is 24.4 Å². The average molecular weight is 224 g/mol. The Morgan fingerprint density at radius 1 is 1.19 bits per heavy atom. The highest BCUT2D eigenvalue weighted by Gasteiger charge is 2.33. The van der Waals surface area contributed by atoms with E-state index in [2.05, 4.69) is 11.8 Å². The van der Waals surface area contributed by atoms with Gasteiger partial charge in [-0.05, 0) is 57.0 Å². The molecule has 2 fully saturated rings. The van der Waals surface area contributed by atoms with E-state index in [4.69, 9.17) is 5.73 Å². The minimum Gasteiger partial charge on any atom is -0.330 e. The van der Waals surface area contributed by atoms with Crippen LogP contribution in [0.4, 0.5) is 0 Å².